The van der Waals surface area contributed by atoms with Crippen LogP contribution in [0.25, 0.3) is 0 Å². The Hall–Kier alpha value is -1.30. The molecule has 1 heterocycles. The molecule has 1 aliphatic heterocycles. The van der Waals surface area contributed by atoms with Crippen molar-refractivity contribution in [3.8, 4) is 0 Å². The highest BCUT2D eigenvalue weighted by molar-refractivity contribution is 6.02. The molecule has 6 heteroatoms. The Morgan fingerprint density at radius 3 is 2.78 bits per heavy atom. The standard InChI is InChI=1S/C12H23N3O3/c1-4-9-7-18-6-5-15(9)12(16)10(8(2)3)11(13)14-17/h8-10,17H,4-7H2,1-3H3,(H2,13,14). The second-order valence-electron chi connectivity index (χ2n) is 4.92. The topological polar surface area (TPSA) is 88.2 Å². The molecule has 1 aliphatic rings. The molecule has 104 valence electrons. The zero-order valence-electron chi connectivity index (χ0n) is 11.3. The van der Waals surface area contributed by atoms with E-state index in [2.05, 4.69) is 5.16 Å². The van der Waals surface area contributed by atoms with Crippen LogP contribution in [0.2, 0.25) is 0 Å². The molecule has 0 spiro atoms. The second-order valence-corrected chi connectivity index (χ2v) is 4.92. The lowest BCUT2D eigenvalue weighted by Crippen LogP contribution is -2.53. The number of nitrogens with two attached hydrogens (primary N) is 1. The summed E-state index contributed by atoms with van der Waals surface area (Å²) >= 11 is 0. The lowest BCUT2D eigenvalue weighted by Gasteiger charge is -2.37. The van der Waals surface area contributed by atoms with Crippen LogP contribution in [0.5, 0.6) is 0 Å². The summed E-state index contributed by atoms with van der Waals surface area (Å²) in [5.41, 5.74) is 5.63. The van der Waals surface area contributed by atoms with Crippen molar-refractivity contribution >= 4 is 11.7 Å². The molecule has 0 aromatic rings. The molecular formula is C12H23N3O3. The van der Waals surface area contributed by atoms with Gasteiger partial charge >= 0.3 is 0 Å². The van der Waals surface area contributed by atoms with Crippen molar-refractivity contribution < 1.29 is 14.7 Å². The van der Waals surface area contributed by atoms with Crippen molar-refractivity contribution in [2.75, 3.05) is 19.8 Å². The number of nitrogens with zero attached hydrogens (tertiary/aromatic N) is 2. The summed E-state index contributed by atoms with van der Waals surface area (Å²) < 4.78 is 5.38. The largest absolute Gasteiger partial charge is 0.409 e. The van der Waals surface area contributed by atoms with Gasteiger partial charge in [0.25, 0.3) is 0 Å². The number of hydrogen-bond acceptors (Lipinski definition) is 4. The Morgan fingerprint density at radius 1 is 1.61 bits per heavy atom. The van der Waals surface area contributed by atoms with Crippen LogP contribution in [0.4, 0.5) is 0 Å². The molecule has 0 aliphatic carbocycles. The molecular weight excluding hydrogens is 234 g/mol. The van der Waals surface area contributed by atoms with Crippen LogP contribution in [0.1, 0.15) is 27.2 Å². The van der Waals surface area contributed by atoms with E-state index in [1.165, 1.54) is 0 Å². The Balaban J connectivity index is 2.87. The predicted molar refractivity (Wildman–Crippen MR) is 68.3 cm³/mol. The SMILES string of the molecule is CCC1COCCN1C(=O)C(/C(N)=N/O)C(C)C. The van der Waals surface area contributed by atoms with Crippen molar-refractivity contribution in [1.29, 1.82) is 0 Å². The minimum atomic E-state index is -0.567. The van der Waals surface area contributed by atoms with Gasteiger partial charge in [-0.2, -0.15) is 0 Å². The van der Waals surface area contributed by atoms with E-state index >= 15 is 0 Å². The first kappa shape index (κ1) is 14.8. The molecule has 1 rings (SSSR count). The molecule has 0 radical (unpaired) electrons. The van der Waals surface area contributed by atoms with Gasteiger partial charge in [0.2, 0.25) is 5.91 Å². The first-order chi connectivity index (χ1) is 8.52. The monoisotopic (exact) mass is 257 g/mol. The third-order valence-electron chi connectivity index (χ3n) is 3.35. The number of carbonyl (C=O) groups excluding carboxylic acids is 1. The highest BCUT2D eigenvalue weighted by atomic mass is 16.5. The summed E-state index contributed by atoms with van der Waals surface area (Å²) in [6, 6.07) is 0.0824. The van der Waals surface area contributed by atoms with E-state index in [4.69, 9.17) is 15.7 Å². The lowest BCUT2D eigenvalue weighted by atomic mass is 9.92. The summed E-state index contributed by atoms with van der Waals surface area (Å²) in [5.74, 6) is -0.664. The highest BCUT2D eigenvalue weighted by Crippen LogP contribution is 2.19. The summed E-state index contributed by atoms with van der Waals surface area (Å²) in [7, 11) is 0. The van der Waals surface area contributed by atoms with Crippen molar-refractivity contribution in [3.63, 3.8) is 0 Å². The van der Waals surface area contributed by atoms with Gasteiger partial charge in [-0.05, 0) is 12.3 Å². The Kier molecular flexibility index (Phi) is 5.40. The van der Waals surface area contributed by atoms with Gasteiger partial charge in [0.15, 0.2) is 5.84 Å². The highest BCUT2D eigenvalue weighted by Gasteiger charge is 2.35. The van der Waals surface area contributed by atoms with E-state index in [9.17, 15) is 4.79 Å². The van der Waals surface area contributed by atoms with Crippen LogP contribution >= 0.6 is 0 Å². The minimum Gasteiger partial charge on any atom is -0.409 e. The molecule has 0 bridgehead atoms. The van der Waals surface area contributed by atoms with Crippen LogP contribution in [0.15, 0.2) is 5.16 Å². The average Bonchev–Trinajstić information content (AvgIpc) is 2.37. The molecule has 6 nitrogen and oxygen atoms in total. The molecule has 0 aromatic carbocycles. The fourth-order valence-corrected chi connectivity index (χ4v) is 2.28. The van der Waals surface area contributed by atoms with Crippen LogP contribution in [-0.2, 0) is 9.53 Å². The number of hydrogen-bond donors (Lipinski definition) is 2. The number of amidine groups is 1. The van der Waals surface area contributed by atoms with E-state index in [0.717, 1.165) is 6.42 Å². The van der Waals surface area contributed by atoms with E-state index in [1.807, 2.05) is 20.8 Å². The molecule has 1 fully saturated rings. The zero-order valence-corrected chi connectivity index (χ0v) is 11.3. The number of amides is 1. The lowest BCUT2D eigenvalue weighted by molar-refractivity contribution is -0.143. The number of ether oxygens (including phenoxy) is 1. The second kappa shape index (κ2) is 6.58. The fourth-order valence-electron chi connectivity index (χ4n) is 2.28. The number of carbonyl (C=O) groups is 1. The molecule has 18 heavy (non-hydrogen) atoms. The van der Waals surface area contributed by atoms with Crippen LogP contribution in [0, 0.1) is 11.8 Å². The van der Waals surface area contributed by atoms with Crippen LogP contribution in [-0.4, -0.2) is 47.7 Å². The fraction of sp³-hybridized carbons (Fsp3) is 0.833. The van der Waals surface area contributed by atoms with Crippen molar-refractivity contribution in [3.05, 3.63) is 0 Å². The van der Waals surface area contributed by atoms with Gasteiger partial charge in [0.05, 0.1) is 19.3 Å². The van der Waals surface area contributed by atoms with Crippen molar-refractivity contribution in [1.82, 2.24) is 4.90 Å². The molecule has 1 saturated heterocycles. The third-order valence-corrected chi connectivity index (χ3v) is 3.35. The Morgan fingerprint density at radius 2 is 2.28 bits per heavy atom. The molecule has 0 saturated carbocycles. The van der Waals surface area contributed by atoms with E-state index in [0.29, 0.717) is 19.8 Å². The summed E-state index contributed by atoms with van der Waals surface area (Å²) in [5, 5.41) is 11.8. The van der Waals surface area contributed by atoms with E-state index in [1.54, 1.807) is 4.90 Å². The Labute approximate surface area is 108 Å². The first-order valence-electron chi connectivity index (χ1n) is 6.38. The van der Waals surface area contributed by atoms with E-state index < -0.39 is 5.92 Å². The summed E-state index contributed by atoms with van der Waals surface area (Å²) in [6.45, 7) is 7.48. The van der Waals surface area contributed by atoms with Gasteiger partial charge in [-0.15, -0.1) is 0 Å². The quantitative estimate of drug-likeness (QED) is 0.335. The summed E-state index contributed by atoms with van der Waals surface area (Å²) in [6.07, 6.45) is 0.840. The first-order valence-corrected chi connectivity index (χ1v) is 6.38. The van der Waals surface area contributed by atoms with E-state index in [-0.39, 0.29) is 23.7 Å². The maximum atomic E-state index is 12.5. The molecule has 3 N–H and O–H groups in total. The molecule has 2 atom stereocenters. The minimum absolute atomic E-state index is 0.00579. The smallest absolute Gasteiger partial charge is 0.234 e. The van der Waals surface area contributed by atoms with Gasteiger partial charge in [0, 0.05) is 6.54 Å². The Bertz CT molecular complexity index is 318. The molecule has 0 aromatic heterocycles. The summed E-state index contributed by atoms with van der Waals surface area (Å²) in [4.78, 5) is 14.3. The van der Waals surface area contributed by atoms with Gasteiger partial charge in [-0.25, -0.2) is 0 Å². The van der Waals surface area contributed by atoms with Crippen LogP contribution < -0.4 is 5.73 Å². The number of rotatable bonds is 4. The predicted octanol–water partition coefficient (Wildman–Crippen LogP) is 0.642. The normalized spacial score (nSPS) is 23.2. The molecule has 2 unspecified atom stereocenters. The van der Waals surface area contributed by atoms with Gasteiger partial charge < -0.3 is 20.6 Å². The van der Waals surface area contributed by atoms with Gasteiger partial charge in [0.1, 0.15) is 5.92 Å². The van der Waals surface area contributed by atoms with Crippen molar-refractivity contribution in [2.45, 2.75) is 33.2 Å². The molecule has 1 amide bonds. The van der Waals surface area contributed by atoms with Gasteiger partial charge in [-0.1, -0.05) is 25.9 Å². The zero-order chi connectivity index (χ0) is 13.7. The van der Waals surface area contributed by atoms with Crippen molar-refractivity contribution in [2.24, 2.45) is 22.7 Å². The third kappa shape index (κ3) is 3.13. The number of morpholine rings is 1. The maximum absolute atomic E-state index is 12.5. The number of oxime groups is 1. The van der Waals surface area contributed by atoms with Gasteiger partial charge in [-0.3, -0.25) is 4.79 Å². The average molecular weight is 257 g/mol. The maximum Gasteiger partial charge on any atom is 0.234 e. The van der Waals surface area contributed by atoms with Crippen LogP contribution in [0.3, 0.4) is 0 Å².